The van der Waals surface area contributed by atoms with Crippen molar-refractivity contribution in [2.24, 2.45) is 0 Å². The minimum Gasteiger partial charge on any atom is -0.298 e. The van der Waals surface area contributed by atoms with Gasteiger partial charge in [-0.1, -0.05) is 6.07 Å². The van der Waals surface area contributed by atoms with Crippen molar-refractivity contribution in [3.63, 3.8) is 0 Å². The maximum atomic E-state index is 10.8. The molecule has 1 rings (SSSR count). The van der Waals surface area contributed by atoms with Gasteiger partial charge in [-0.15, -0.1) is 11.6 Å². The highest BCUT2D eigenvalue weighted by atomic mass is 35.5. The van der Waals surface area contributed by atoms with E-state index in [-0.39, 0.29) is 11.7 Å². The first-order valence-electron chi connectivity index (χ1n) is 3.29. The Morgan fingerprint density at radius 2 is 2.45 bits per heavy atom. The summed E-state index contributed by atoms with van der Waals surface area (Å²) in [5, 5.41) is 0. The molecule has 0 saturated carbocycles. The first-order valence-corrected chi connectivity index (χ1v) is 3.83. The smallest absolute Gasteiger partial charge is 0.152 e. The molecule has 1 aromatic rings. The second-order valence-electron chi connectivity index (χ2n) is 2.21. The van der Waals surface area contributed by atoms with Gasteiger partial charge in [0.05, 0.1) is 5.88 Å². The van der Waals surface area contributed by atoms with E-state index in [0.717, 1.165) is 5.56 Å². The van der Waals surface area contributed by atoms with Crippen LogP contribution < -0.4 is 0 Å². The molecule has 3 heteroatoms. The topological polar surface area (TPSA) is 30.0 Å². The Morgan fingerprint density at radius 1 is 1.64 bits per heavy atom. The van der Waals surface area contributed by atoms with Crippen molar-refractivity contribution in [3.05, 3.63) is 30.1 Å². The fourth-order valence-corrected chi connectivity index (χ4v) is 0.872. The minimum atomic E-state index is 0.0275. The number of pyridine rings is 1. The molecule has 0 bridgehead atoms. The summed E-state index contributed by atoms with van der Waals surface area (Å²) in [5.41, 5.74) is 0.915. The first-order chi connectivity index (χ1) is 5.33. The maximum Gasteiger partial charge on any atom is 0.152 e. The average molecular weight is 170 g/mol. The number of rotatable bonds is 3. The van der Waals surface area contributed by atoms with Crippen LogP contribution in [0.3, 0.4) is 0 Å². The van der Waals surface area contributed by atoms with Crippen molar-refractivity contribution in [3.8, 4) is 0 Å². The first kappa shape index (κ1) is 8.21. The molecule has 1 heterocycles. The number of hydrogen-bond donors (Lipinski definition) is 0. The highest BCUT2D eigenvalue weighted by molar-refractivity contribution is 6.27. The van der Waals surface area contributed by atoms with E-state index in [2.05, 4.69) is 4.98 Å². The largest absolute Gasteiger partial charge is 0.298 e. The number of carbonyl (C=O) groups excluding carboxylic acids is 1. The number of alkyl halides is 1. The van der Waals surface area contributed by atoms with Gasteiger partial charge >= 0.3 is 0 Å². The van der Waals surface area contributed by atoms with Crippen LogP contribution >= 0.6 is 11.6 Å². The highest BCUT2D eigenvalue weighted by Gasteiger charge is 1.99. The Balaban J connectivity index is 2.58. The molecule has 0 saturated heterocycles. The van der Waals surface area contributed by atoms with Gasteiger partial charge in [0, 0.05) is 18.8 Å². The molecule has 0 aliphatic heterocycles. The van der Waals surface area contributed by atoms with E-state index in [9.17, 15) is 4.79 Å². The van der Waals surface area contributed by atoms with Crippen LogP contribution in [-0.4, -0.2) is 16.6 Å². The summed E-state index contributed by atoms with van der Waals surface area (Å²) < 4.78 is 0. The van der Waals surface area contributed by atoms with Crippen LogP contribution in [0.2, 0.25) is 0 Å². The lowest BCUT2D eigenvalue weighted by Gasteiger charge is -1.94. The molecule has 0 unspecified atom stereocenters. The fraction of sp³-hybridized carbons (Fsp3) is 0.250. The summed E-state index contributed by atoms with van der Waals surface area (Å²) in [5.74, 6) is 0.106. The highest BCUT2D eigenvalue weighted by Crippen LogP contribution is 1.98. The van der Waals surface area contributed by atoms with Gasteiger partial charge < -0.3 is 0 Å². The van der Waals surface area contributed by atoms with Gasteiger partial charge in [0.25, 0.3) is 0 Å². The standard InChI is InChI=1S/C8H8ClNO/c9-5-8(11)4-7-2-1-3-10-6-7/h1-3,6H,4-5H2. The zero-order valence-electron chi connectivity index (χ0n) is 5.96. The summed E-state index contributed by atoms with van der Waals surface area (Å²) in [6, 6.07) is 3.66. The molecule has 0 radical (unpaired) electrons. The van der Waals surface area contributed by atoms with E-state index in [1.54, 1.807) is 18.5 Å². The van der Waals surface area contributed by atoms with Gasteiger partial charge in [0.1, 0.15) is 0 Å². The number of aromatic nitrogens is 1. The number of nitrogens with zero attached hydrogens (tertiary/aromatic N) is 1. The number of Topliss-reactive ketones (excluding diaryl/α,β-unsaturated/α-hetero) is 1. The van der Waals surface area contributed by atoms with Gasteiger partial charge in [0.15, 0.2) is 5.78 Å². The summed E-state index contributed by atoms with van der Waals surface area (Å²) in [6.07, 6.45) is 3.73. The van der Waals surface area contributed by atoms with Gasteiger partial charge in [0.2, 0.25) is 0 Å². The summed E-state index contributed by atoms with van der Waals surface area (Å²) >= 11 is 5.33. The Kier molecular flexibility index (Phi) is 3.05. The van der Waals surface area contributed by atoms with E-state index in [4.69, 9.17) is 11.6 Å². The van der Waals surface area contributed by atoms with Gasteiger partial charge in [-0.2, -0.15) is 0 Å². The van der Waals surface area contributed by atoms with Gasteiger partial charge in [-0.25, -0.2) is 0 Å². The van der Waals surface area contributed by atoms with Crippen LogP contribution in [-0.2, 0) is 11.2 Å². The monoisotopic (exact) mass is 169 g/mol. The van der Waals surface area contributed by atoms with E-state index >= 15 is 0 Å². The Bertz CT molecular complexity index is 235. The lowest BCUT2D eigenvalue weighted by atomic mass is 10.2. The lowest BCUT2D eigenvalue weighted by molar-refractivity contribution is -0.116. The molecule has 0 N–H and O–H groups in total. The molecule has 0 aliphatic rings. The molecule has 0 aromatic carbocycles. The Labute approximate surface area is 70.2 Å². The van der Waals surface area contributed by atoms with Crippen molar-refractivity contribution in [2.45, 2.75) is 6.42 Å². The van der Waals surface area contributed by atoms with E-state index < -0.39 is 0 Å². The molecule has 0 amide bonds. The molecule has 0 fully saturated rings. The molecule has 0 atom stereocenters. The van der Waals surface area contributed by atoms with Crippen molar-refractivity contribution >= 4 is 17.4 Å². The molecule has 0 aliphatic carbocycles. The zero-order chi connectivity index (χ0) is 8.10. The molecule has 58 valence electrons. The van der Waals surface area contributed by atoms with Crippen molar-refractivity contribution in [2.75, 3.05) is 5.88 Å². The molecular formula is C8H8ClNO. The van der Waals surface area contributed by atoms with Crippen LogP contribution in [0.1, 0.15) is 5.56 Å². The van der Waals surface area contributed by atoms with Crippen LogP contribution in [0.25, 0.3) is 0 Å². The third-order valence-corrected chi connectivity index (χ3v) is 1.57. The lowest BCUT2D eigenvalue weighted by Crippen LogP contribution is -2.03. The molecule has 0 spiro atoms. The zero-order valence-corrected chi connectivity index (χ0v) is 6.71. The number of ketones is 1. The summed E-state index contributed by atoms with van der Waals surface area (Å²) in [7, 11) is 0. The van der Waals surface area contributed by atoms with E-state index in [1.165, 1.54) is 0 Å². The van der Waals surface area contributed by atoms with Crippen LogP contribution in [0.4, 0.5) is 0 Å². The van der Waals surface area contributed by atoms with Crippen molar-refractivity contribution < 1.29 is 4.79 Å². The predicted molar refractivity (Wildman–Crippen MR) is 43.7 cm³/mol. The van der Waals surface area contributed by atoms with E-state index in [0.29, 0.717) is 6.42 Å². The second kappa shape index (κ2) is 4.09. The normalized spacial score (nSPS) is 9.55. The molecule has 1 aromatic heterocycles. The van der Waals surface area contributed by atoms with Gasteiger partial charge in [-0.3, -0.25) is 9.78 Å². The number of carbonyl (C=O) groups is 1. The average Bonchev–Trinajstić information content (AvgIpc) is 2.06. The summed E-state index contributed by atoms with van der Waals surface area (Å²) in [4.78, 5) is 14.7. The predicted octanol–water partition coefficient (Wildman–Crippen LogP) is 1.43. The van der Waals surface area contributed by atoms with Crippen molar-refractivity contribution in [1.29, 1.82) is 0 Å². The third kappa shape index (κ3) is 2.68. The molecule has 2 nitrogen and oxygen atoms in total. The van der Waals surface area contributed by atoms with E-state index in [1.807, 2.05) is 6.07 Å². The number of halogens is 1. The molecular weight excluding hydrogens is 162 g/mol. The quantitative estimate of drug-likeness (QED) is 0.641. The fourth-order valence-electron chi connectivity index (χ4n) is 0.778. The number of hydrogen-bond acceptors (Lipinski definition) is 2. The van der Waals surface area contributed by atoms with Gasteiger partial charge in [-0.05, 0) is 11.6 Å². The van der Waals surface area contributed by atoms with Crippen LogP contribution in [0.15, 0.2) is 24.5 Å². The molecule has 11 heavy (non-hydrogen) atoms. The summed E-state index contributed by atoms with van der Waals surface area (Å²) in [6.45, 7) is 0. The third-order valence-electron chi connectivity index (χ3n) is 1.27. The second-order valence-corrected chi connectivity index (χ2v) is 2.48. The van der Waals surface area contributed by atoms with Crippen LogP contribution in [0.5, 0.6) is 0 Å². The van der Waals surface area contributed by atoms with Crippen LogP contribution in [0, 0.1) is 0 Å². The Morgan fingerprint density at radius 3 is 3.00 bits per heavy atom. The SMILES string of the molecule is O=C(CCl)Cc1cccnc1. The maximum absolute atomic E-state index is 10.8. The minimum absolute atomic E-state index is 0.0275. The Hall–Kier alpha value is -0.890. The van der Waals surface area contributed by atoms with Crippen molar-refractivity contribution in [1.82, 2.24) is 4.98 Å².